The third-order valence-electron chi connectivity index (χ3n) is 3.98. The molecule has 1 aromatic heterocycles. The molecule has 0 radical (unpaired) electrons. The zero-order chi connectivity index (χ0) is 16.8. The van der Waals surface area contributed by atoms with Gasteiger partial charge < -0.3 is 4.42 Å². The Balaban J connectivity index is 1.51. The second-order valence-corrected chi connectivity index (χ2v) is 6.50. The minimum Gasteiger partial charge on any atom is -0.444 e. The van der Waals surface area contributed by atoms with Crippen molar-refractivity contribution in [1.29, 1.82) is 0 Å². The van der Waals surface area contributed by atoms with Crippen LogP contribution in [-0.4, -0.2) is 35.7 Å². The van der Waals surface area contributed by atoms with Crippen molar-refractivity contribution in [1.82, 2.24) is 9.88 Å². The van der Waals surface area contributed by atoms with Crippen LogP contribution in [0.5, 0.6) is 0 Å². The zero-order valence-corrected chi connectivity index (χ0v) is 14.3. The Hall–Kier alpha value is -2.40. The van der Waals surface area contributed by atoms with Crippen LogP contribution in [0.1, 0.15) is 20.3 Å². The maximum atomic E-state index is 5.28. The normalized spacial score (nSPS) is 15.9. The highest BCUT2D eigenvalue weighted by Crippen LogP contribution is 2.20. The monoisotopic (exact) mass is 324 g/mol. The molecule has 0 spiro atoms. The topological polar surface area (TPSA) is 53.7 Å². The molecule has 2 heterocycles. The van der Waals surface area contributed by atoms with Gasteiger partial charge in [-0.15, -0.1) is 0 Å². The van der Waals surface area contributed by atoms with E-state index in [9.17, 15) is 0 Å². The standard InChI is InChI=1S/C19H24N4O/c1-15(2)13-23-9-7-16(8-10-23)11-21-22-18-5-3-17(4-6-18)19-12-20-14-24-19/h3-7,11-12,14-15,22H,8-10,13H2,1-2H3. The summed E-state index contributed by atoms with van der Waals surface area (Å²) in [6.07, 6.45) is 8.40. The lowest BCUT2D eigenvalue weighted by atomic mass is 10.1. The van der Waals surface area contributed by atoms with Crippen LogP contribution in [0, 0.1) is 5.92 Å². The minimum atomic E-state index is 0.718. The smallest absolute Gasteiger partial charge is 0.181 e. The van der Waals surface area contributed by atoms with E-state index in [4.69, 9.17) is 4.42 Å². The average molecular weight is 324 g/mol. The van der Waals surface area contributed by atoms with Gasteiger partial charge in [-0.2, -0.15) is 5.10 Å². The van der Waals surface area contributed by atoms with Gasteiger partial charge in [-0.1, -0.05) is 19.9 Å². The molecule has 0 atom stereocenters. The molecule has 126 valence electrons. The summed E-state index contributed by atoms with van der Waals surface area (Å²) < 4.78 is 5.28. The van der Waals surface area contributed by atoms with E-state index < -0.39 is 0 Å². The number of hydrogen-bond acceptors (Lipinski definition) is 5. The summed E-state index contributed by atoms with van der Waals surface area (Å²) in [5.41, 5.74) is 6.32. The van der Waals surface area contributed by atoms with E-state index in [0.717, 1.165) is 49.0 Å². The zero-order valence-electron chi connectivity index (χ0n) is 14.3. The van der Waals surface area contributed by atoms with Crippen molar-refractivity contribution < 1.29 is 4.42 Å². The Morgan fingerprint density at radius 1 is 1.33 bits per heavy atom. The van der Waals surface area contributed by atoms with E-state index in [0.29, 0.717) is 0 Å². The summed E-state index contributed by atoms with van der Waals surface area (Å²) in [7, 11) is 0. The number of hydrazone groups is 1. The summed E-state index contributed by atoms with van der Waals surface area (Å²) in [4.78, 5) is 6.41. The van der Waals surface area contributed by atoms with Gasteiger partial charge in [-0.05, 0) is 42.2 Å². The van der Waals surface area contributed by atoms with E-state index in [2.05, 4.69) is 40.3 Å². The number of anilines is 1. The predicted molar refractivity (Wildman–Crippen MR) is 98.0 cm³/mol. The quantitative estimate of drug-likeness (QED) is 0.644. The number of hydrogen-bond donors (Lipinski definition) is 1. The number of nitrogens with zero attached hydrogens (tertiary/aromatic N) is 3. The first-order valence-corrected chi connectivity index (χ1v) is 8.40. The lowest BCUT2D eigenvalue weighted by Crippen LogP contribution is -2.32. The van der Waals surface area contributed by atoms with Gasteiger partial charge in [0.2, 0.25) is 0 Å². The summed E-state index contributed by atoms with van der Waals surface area (Å²) in [5, 5.41) is 4.35. The lowest BCUT2D eigenvalue weighted by Gasteiger charge is -2.26. The fraction of sp³-hybridized carbons (Fsp3) is 0.368. The Morgan fingerprint density at radius 2 is 2.17 bits per heavy atom. The van der Waals surface area contributed by atoms with Gasteiger partial charge in [0.25, 0.3) is 0 Å². The van der Waals surface area contributed by atoms with Crippen LogP contribution in [0.3, 0.4) is 0 Å². The van der Waals surface area contributed by atoms with Gasteiger partial charge in [0.1, 0.15) is 0 Å². The number of benzene rings is 1. The van der Waals surface area contributed by atoms with Gasteiger partial charge in [-0.25, -0.2) is 4.98 Å². The van der Waals surface area contributed by atoms with Crippen LogP contribution in [0.4, 0.5) is 5.69 Å². The highest BCUT2D eigenvalue weighted by molar-refractivity contribution is 5.79. The molecule has 1 N–H and O–H groups in total. The van der Waals surface area contributed by atoms with Crippen molar-refractivity contribution in [2.24, 2.45) is 11.0 Å². The molecular formula is C19H24N4O. The van der Waals surface area contributed by atoms with Crippen LogP contribution in [0.25, 0.3) is 11.3 Å². The van der Waals surface area contributed by atoms with Crippen molar-refractivity contribution in [2.75, 3.05) is 25.1 Å². The van der Waals surface area contributed by atoms with Crippen LogP contribution in [0.2, 0.25) is 0 Å². The van der Waals surface area contributed by atoms with Gasteiger partial charge in [0.05, 0.1) is 18.1 Å². The molecule has 3 rings (SSSR count). The van der Waals surface area contributed by atoms with E-state index in [1.807, 2.05) is 30.5 Å². The van der Waals surface area contributed by atoms with Crippen LogP contribution in [0.15, 0.2) is 58.0 Å². The molecular weight excluding hydrogens is 300 g/mol. The second-order valence-electron chi connectivity index (χ2n) is 6.50. The average Bonchev–Trinajstić information content (AvgIpc) is 3.11. The third kappa shape index (κ3) is 4.55. The Bertz CT molecular complexity index is 687. The molecule has 0 saturated heterocycles. The number of nitrogens with one attached hydrogen (secondary N) is 1. The first-order valence-electron chi connectivity index (χ1n) is 8.40. The van der Waals surface area contributed by atoms with E-state index in [1.54, 1.807) is 6.20 Å². The first-order chi connectivity index (χ1) is 11.7. The molecule has 1 aliphatic heterocycles. The Kier molecular flexibility index (Phi) is 5.43. The molecule has 0 fully saturated rings. The second kappa shape index (κ2) is 7.93. The van der Waals surface area contributed by atoms with Gasteiger partial charge in [0, 0.05) is 25.2 Å². The van der Waals surface area contributed by atoms with Crippen molar-refractivity contribution in [2.45, 2.75) is 20.3 Å². The van der Waals surface area contributed by atoms with Crippen LogP contribution in [-0.2, 0) is 0 Å². The van der Waals surface area contributed by atoms with Gasteiger partial charge in [-0.3, -0.25) is 10.3 Å². The minimum absolute atomic E-state index is 0.718. The molecule has 1 aromatic carbocycles. The molecule has 0 bridgehead atoms. The molecule has 1 aliphatic rings. The summed E-state index contributed by atoms with van der Waals surface area (Å²) >= 11 is 0. The molecule has 0 aliphatic carbocycles. The highest BCUT2D eigenvalue weighted by atomic mass is 16.3. The third-order valence-corrected chi connectivity index (χ3v) is 3.98. The molecule has 2 aromatic rings. The molecule has 5 heteroatoms. The van der Waals surface area contributed by atoms with Crippen LogP contribution < -0.4 is 5.43 Å². The van der Waals surface area contributed by atoms with E-state index in [-0.39, 0.29) is 0 Å². The molecule has 5 nitrogen and oxygen atoms in total. The van der Waals surface area contributed by atoms with Crippen molar-refractivity contribution in [3.8, 4) is 11.3 Å². The molecule has 24 heavy (non-hydrogen) atoms. The predicted octanol–water partition coefficient (Wildman–Crippen LogP) is 4.03. The summed E-state index contributed by atoms with van der Waals surface area (Å²) in [6.45, 7) is 7.82. The molecule has 0 unspecified atom stereocenters. The van der Waals surface area contributed by atoms with Crippen molar-refractivity contribution in [3.05, 3.63) is 48.5 Å². The molecule has 0 saturated carbocycles. The fourth-order valence-corrected chi connectivity index (χ4v) is 2.78. The number of rotatable bonds is 6. The summed E-state index contributed by atoms with van der Waals surface area (Å²) in [5.74, 6) is 1.48. The SMILES string of the molecule is CC(C)CN1CC=C(C=NNc2ccc(-c3cnco3)cc2)CC1. The molecule has 0 amide bonds. The largest absolute Gasteiger partial charge is 0.444 e. The number of aromatic nitrogens is 1. The van der Waals surface area contributed by atoms with Gasteiger partial charge >= 0.3 is 0 Å². The van der Waals surface area contributed by atoms with Gasteiger partial charge in [0.15, 0.2) is 12.2 Å². The van der Waals surface area contributed by atoms with E-state index >= 15 is 0 Å². The van der Waals surface area contributed by atoms with Crippen molar-refractivity contribution >= 4 is 11.9 Å². The lowest BCUT2D eigenvalue weighted by molar-refractivity contribution is 0.264. The highest BCUT2D eigenvalue weighted by Gasteiger charge is 2.11. The Morgan fingerprint density at radius 3 is 2.79 bits per heavy atom. The maximum Gasteiger partial charge on any atom is 0.181 e. The van der Waals surface area contributed by atoms with E-state index in [1.165, 1.54) is 12.0 Å². The summed E-state index contributed by atoms with van der Waals surface area (Å²) in [6, 6.07) is 7.94. The van der Waals surface area contributed by atoms with Crippen LogP contribution >= 0.6 is 0 Å². The van der Waals surface area contributed by atoms with Crippen molar-refractivity contribution in [3.63, 3.8) is 0 Å². The fourth-order valence-electron chi connectivity index (χ4n) is 2.78. The maximum absolute atomic E-state index is 5.28. The Labute approximate surface area is 143 Å². The first kappa shape index (κ1) is 16.5. The number of oxazole rings is 1.